The quantitative estimate of drug-likeness (QED) is 0.414. The molecule has 88 valence electrons. The van der Waals surface area contributed by atoms with Crippen LogP contribution >= 0.6 is 19.8 Å². The van der Waals surface area contributed by atoms with Crippen molar-refractivity contribution in [3.05, 3.63) is 30.3 Å². The Morgan fingerprint density at radius 2 is 1.71 bits per heavy atom. The van der Waals surface area contributed by atoms with Crippen LogP contribution in [0.4, 0.5) is 0 Å². The Bertz CT molecular complexity index is 341. The Morgan fingerprint density at radius 3 is 2.12 bits per heavy atom. The van der Waals surface area contributed by atoms with Gasteiger partial charge in [-0.2, -0.15) is 30.3 Å². The van der Waals surface area contributed by atoms with Crippen molar-refractivity contribution < 1.29 is 24.1 Å². The van der Waals surface area contributed by atoms with E-state index in [9.17, 15) is 0 Å². The molecule has 1 fully saturated rings. The fraction of sp³-hybridized carbons (Fsp3) is 0.500. The SMILES string of the molecule is CC1(C)OB(c2c[c-]ccc2)OC1(C)C.[Zn+][I]. The molecule has 0 aliphatic carbocycles. The van der Waals surface area contributed by atoms with Gasteiger partial charge in [-0.1, -0.05) is 0 Å². The fourth-order valence-electron chi connectivity index (χ4n) is 1.53. The van der Waals surface area contributed by atoms with Gasteiger partial charge in [0.1, 0.15) is 0 Å². The zero-order chi connectivity index (χ0) is 13.1. The van der Waals surface area contributed by atoms with Crippen LogP contribution in [0.25, 0.3) is 0 Å². The summed E-state index contributed by atoms with van der Waals surface area (Å²) in [6, 6.07) is 10.8. The molecule has 1 aliphatic rings. The second kappa shape index (κ2) is 6.14. The zero-order valence-electron chi connectivity index (χ0n) is 10.8. The maximum absolute atomic E-state index is 5.91. The molecule has 2 nitrogen and oxygen atoms in total. The molecule has 0 amide bonds. The zero-order valence-corrected chi connectivity index (χ0v) is 15.9. The topological polar surface area (TPSA) is 18.5 Å². The van der Waals surface area contributed by atoms with E-state index in [-0.39, 0.29) is 18.3 Å². The first kappa shape index (κ1) is 15.6. The molecule has 5 heteroatoms. The summed E-state index contributed by atoms with van der Waals surface area (Å²) in [5.74, 6) is 0. The van der Waals surface area contributed by atoms with Crippen LogP contribution in [0.1, 0.15) is 27.7 Å². The summed E-state index contributed by atoms with van der Waals surface area (Å²) in [5.41, 5.74) is 0.484. The summed E-state index contributed by atoms with van der Waals surface area (Å²) in [7, 11) is -0.271. The number of hydrogen-bond acceptors (Lipinski definition) is 2. The molecule has 1 aromatic carbocycles. The van der Waals surface area contributed by atoms with Crippen LogP contribution in [0.5, 0.6) is 0 Å². The van der Waals surface area contributed by atoms with Gasteiger partial charge in [-0.15, -0.1) is 5.46 Å². The summed E-state index contributed by atoms with van der Waals surface area (Å²) in [4.78, 5) is 0. The first-order chi connectivity index (χ1) is 7.92. The van der Waals surface area contributed by atoms with E-state index in [0.717, 1.165) is 5.46 Å². The molecule has 0 bridgehead atoms. The molecule has 0 radical (unpaired) electrons. The summed E-state index contributed by atoms with van der Waals surface area (Å²) < 4.78 is 11.8. The van der Waals surface area contributed by atoms with E-state index in [0.29, 0.717) is 0 Å². The van der Waals surface area contributed by atoms with Crippen LogP contribution in [-0.4, -0.2) is 18.3 Å². The normalized spacial score (nSPS) is 20.8. The Kier molecular flexibility index (Phi) is 5.64. The maximum atomic E-state index is 5.91. The number of halogens is 1. The average Bonchev–Trinajstić information content (AvgIpc) is 2.52. The van der Waals surface area contributed by atoms with Crippen LogP contribution in [0.2, 0.25) is 0 Å². The minimum absolute atomic E-state index is 0.270. The van der Waals surface area contributed by atoms with E-state index in [1.165, 1.54) is 14.8 Å². The summed E-state index contributed by atoms with van der Waals surface area (Å²) >= 11 is 3.62. The Morgan fingerprint density at radius 1 is 1.18 bits per heavy atom. The van der Waals surface area contributed by atoms with Crippen molar-refractivity contribution in [1.82, 2.24) is 0 Å². The number of benzene rings is 1. The second-order valence-electron chi connectivity index (χ2n) is 4.93. The molecule has 0 spiro atoms. The summed E-state index contributed by atoms with van der Waals surface area (Å²) in [5, 5.41) is 0. The predicted octanol–water partition coefficient (Wildman–Crippen LogP) is 2.67. The molecule has 0 unspecified atom stereocenters. The van der Waals surface area contributed by atoms with E-state index in [1.54, 1.807) is 0 Å². The van der Waals surface area contributed by atoms with Crippen molar-refractivity contribution in [2.24, 2.45) is 0 Å². The van der Waals surface area contributed by atoms with Gasteiger partial charge in [0.2, 0.25) is 0 Å². The van der Waals surface area contributed by atoms with Crippen LogP contribution in [-0.2, 0) is 24.1 Å². The summed E-state index contributed by atoms with van der Waals surface area (Å²) in [6.07, 6.45) is 0. The number of hydrogen-bond donors (Lipinski definition) is 0. The third-order valence-electron chi connectivity index (χ3n) is 3.26. The van der Waals surface area contributed by atoms with Crippen molar-refractivity contribution in [1.29, 1.82) is 0 Å². The summed E-state index contributed by atoms with van der Waals surface area (Å²) in [6.45, 7) is 8.22. The van der Waals surface area contributed by atoms with Gasteiger partial charge in [0.05, 0.1) is 11.2 Å². The minimum atomic E-state index is -0.271. The molecule has 1 saturated heterocycles. The third-order valence-corrected chi connectivity index (χ3v) is 3.26. The van der Waals surface area contributed by atoms with Gasteiger partial charge in [-0.3, -0.25) is 0 Å². The average molecular weight is 395 g/mol. The molecule has 0 atom stereocenters. The Labute approximate surface area is 125 Å². The van der Waals surface area contributed by atoms with Crippen LogP contribution in [0, 0.1) is 6.07 Å². The first-order valence-electron chi connectivity index (χ1n) is 5.51. The first-order valence-corrected chi connectivity index (χ1v) is 14.6. The van der Waals surface area contributed by atoms with E-state index >= 15 is 0 Å². The van der Waals surface area contributed by atoms with Crippen LogP contribution < -0.4 is 5.46 Å². The van der Waals surface area contributed by atoms with Crippen molar-refractivity contribution in [3.8, 4) is 0 Å². The van der Waals surface area contributed by atoms with E-state index in [4.69, 9.17) is 9.31 Å². The van der Waals surface area contributed by atoms with Gasteiger partial charge in [-0.25, -0.2) is 0 Å². The van der Waals surface area contributed by atoms with Gasteiger partial charge < -0.3 is 9.31 Å². The van der Waals surface area contributed by atoms with E-state index < -0.39 is 0 Å². The van der Waals surface area contributed by atoms with Gasteiger partial charge in [0.25, 0.3) is 0 Å². The van der Waals surface area contributed by atoms with Crippen molar-refractivity contribution in [3.63, 3.8) is 0 Å². The van der Waals surface area contributed by atoms with Crippen LogP contribution in [0.3, 0.4) is 0 Å². The monoisotopic (exact) mass is 394 g/mol. The molecular weight excluding hydrogens is 379 g/mol. The van der Waals surface area contributed by atoms with Crippen molar-refractivity contribution in [2.45, 2.75) is 38.9 Å². The van der Waals surface area contributed by atoms with Gasteiger partial charge >= 0.3 is 41.7 Å². The molecule has 1 aliphatic heterocycles. The Hall–Kier alpha value is 0.558. The van der Waals surface area contributed by atoms with Gasteiger partial charge in [0.15, 0.2) is 0 Å². The molecule has 0 aromatic heterocycles. The van der Waals surface area contributed by atoms with Gasteiger partial charge in [-0.05, 0) is 27.7 Å². The molecule has 0 N–H and O–H groups in total. The predicted molar refractivity (Wildman–Crippen MR) is 75.0 cm³/mol. The van der Waals surface area contributed by atoms with Crippen LogP contribution in [0.15, 0.2) is 24.3 Å². The van der Waals surface area contributed by atoms with Crippen molar-refractivity contribution >= 4 is 32.3 Å². The van der Waals surface area contributed by atoms with E-state index in [2.05, 4.69) is 53.5 Å². The van der Waals surface area contributed by atoms with E-state index in [1.807, 2.05) is 24.3 Å². The standard InChI is InChI=1S/C12H16BO2.HI.Zn/c1-11(2)12(3,4)15-13(14-11)10-8-6-5-7-9-10;;/h5-6,8-9H,1-4H3;1H;/q-1;;+2/p-1. The third kappa shape index (κ3) is 3.52. The Balaban J connectivity index is 0.000000686. The number of rotatable bonds is 1. The molecule has 1 heterocycles. The molecular formula is C12H16BIO2Zn. The van der Waals surface area contributed by atoms with Gasteiger partial charge in [0, 0.05) is 0 Å². The fourth-order valence-corrected chi connectivity index (χ4v) is 1.53. The molecule has 17 heavy (non-hydrogen) atoms. The van der Waals surface area contributed by atoms with Crippen molar-refractivity contribution in [2.75, 3.05) is 0 Å². The molecule has 1 aromatic rings. The molecule has 0 saturated carbocycles. The molecule has 2 rings (SSSR count). The second-order valence-corrected chi connectivity index (χ2v) is 4.93.